The number of sulfonamides is 1. The Hall–Kier alpha value is -2.76. The first kappa shape index (κ1) is 20.0. The maximum Gasteiger partial charge on any atom is 0.294 e. The molecule has 2 heterocycles. The minimum atomic E-state index is -3.93. The number of nitro groups is 1. The van der Waals surface area contributed by atoms with Crippen LogP contribution in [0.3, 0.4) is 0 Å². The van der Waals surface area contributed by atoms with E-state index < -0.39 is 20.9 Å². The second-order valence-corrected chi connectivity index (χ2v) is 9.23. The second-order valence-electron chi connectivity index (χ2n) is 5.44. The van der Waals surface area contributed by atoms with E-state index in [-0.39, 0.29) is 26.5 Å². The minimum absolute atomic E-state index is 0.0338. The second kappa shape index (κ2) is 8.09. The van der Waals surface area contributed by atoms with Crippen LogP contribution in [0.2, 0.25) is 0 Å². The first-order chi connectivity index (χ1) is 13.3. The average Bonchev–Trinajstić information content (AvgIpc) is 3.28. The molecule has 0 bridgehead atoms. The van der Waals surface area contributed by atoms with Gasteiger partial charge in [0.05, 0.1) is 9.83 Å². The number of carbonyl (C=O) groups is 1. The Balaban J connectivity index is 1.95. The minimum Gasteiger partial charge on any atom is -0.282 e. The Labute approximate surface area is 169 Å². The molecule has 1 aliphatic rings. The summed E-state index contributed by atoms with van der Waals surface area (Å²) in [5.41, 5.74) is 0.507. The predicted molar refractivity (Wildman–Crippen MR) is 110 cm³/mol. The van der Waals surface area contributed by atoms with Gasteiger partial charge in [-0.2, -0.15) is 8.42 Å². The summed E-state index contributed by atoms with van der Waals surface area (Å²) in [7, 11) is -3.93. The maximum absolute atomic E-state index is 12.7. The number of amidine groups is 1. The van der Waals surface area contributed by atoms with Crippen LogP contribution in [-0.2, 0) is 14.8 Å². The molecule has 1 aliphatic heterocycles. The van der Waals surface area contributed by atoms with Crippen molar-refractivity contribution in [1.82, 2.24) is 4.90 Å². The lowest BCUT2D eigenvalue weighted by Crippen LogP contribution is -2.29. The van der Waals surface area contributed by atoms with E-state index >= 15 is 0 Å². The Morgan fingerprint density at radius 2 is 1.96 bits per heavy atom. The van der Waals surface area contributed by atoms with Crippen LogP contribution in [0.1, 0.15) is 5.56 Å². The van der Waals surface area contributed by atoms with Crippen LogP contribution in [0.15, 0.2) is 67.9 Å². The number of benzene rings is 1. The molecule has 0 radical (unpaired) electrons. The number of hydrogen-bond acceptors (Lipinski definition) is 7. The third-order valence-electron chi connectivity index (χ3n) is 3.55. The van der Waals surface area contributed by atoms with Gasteiger partial charge in [-0.15, -0.1) is 22.3 Å². The van der Waals surface area contributed by atoms with Gasteiger partial charge < -0.3 is 0 Å². The lowest BCUT2D eigenvalue weighted by Gasteiger charge is -2.12. The highest BCUT2D eigenvalue weighted by Crippen LogP contribution is 2.34. The summed E-state index contributed by atoms with van der Waals surface area (Å²) in [6.45, 7) is 3.69. The van der Waals surface area contributed by atoms with Crippen LogP contribution in [0.4, 0.5) is 5.69 Å². The topological polar surface area (TPSA) is 110 Å². The molecule has 1 fully saturated rings. The molecule has 1 amide bonds. The van der Waals surface area contributed by atoms with Crippen molar-refractivity contribution in [1.29, 1.82) is 0 Å². The molecule has 11 heteroatoms. The Morgan fingerprint density at radius 1 is 1.25 bits per heavy atom. The summed E-state index contributed by atoms with van der Waals surface area (Å²) >= 11 is 1.97. The van der Waals surface area contributed by atoms with Crippen molar-refractivity contribution < 1.29 is 18.1 Å². The van der Waals surface area contributed by atoms with Crippen molar-refractivity contribution >= 4 is 56.0 Å². The third-order valence-corrected chi connectivity index (χ3v) is 7.31. The van der Waals surface area contributed by atoms with Crippen LogP contribution >= 0.6 is 23.1 Å². The summed E-state index contributed by atoms with van der Waals surface area (Å²) in [6, 6.07) is 8.72. The highest BCUT2D eigenvalue weighted by atomic mass is 32.2. The monoisotopic (exact) mass is 435 g/mol. The van der Waals surface area contributed by atoms with Gasteiger partial charge in [0.1, 0.15) is 4.21 Å². The molecule has 2 aromatic rings. The van der Waals surface area contributed by atoms with Gasteiger partial charge in [0.15, 0.2) is 5.17 Å². The van der Waals surface area contributed by atoms with E-state index in [0.717, 1.165) is 23.1 Å². The van der Waals surface area contributed by atoms with Gasteiger partial charge in [-0.1, -0.05) is 12.1 Å². The fourth-order valence-electron chi connectivity index (χ4n) is 2.27. The number of thioether (sulfide) groups is 1. The molecule has 1 saturated heterocycles. The molecule has 1 aromatic carbocycles. The Bertz CT molecular complexity index is 1090. The molecule has 1 aromatic heterocycles. The third kappa shape index (κ3) is 4.21. The smallest absolute Gasteiger partial charge is 0.282 e. The summed E-state index contributed by atoms with van der Waals surface area (Å²) < 4.78 is 28.8. The van der Waals surface area contributed by atoms with Crippen LogP contribution in [0.25, 0.3) is 6.08 Å². The first-order valence-electron chi connectivity index (χ1n) is 7.77. The van der Waals surface area contributed by atoms with Crippen molar-refractivity contribution in [3.05, 3.63) is 75.0 Å². The van der Waals surface area contributed by atoms with Gasteiger partial charge in [-0.3, -0.25) is 19.8 Å². The number of nitrogens with zero attached hydrogens (tertiary/aromatic N) is 3. The van der Waals surface area contributed by atoms with Crippen molar-refractivity contribution in [2.24, 2.45) is 4.40 Å². The molecule has 0 N–H and O–H groups in total. The fourth-order valence-corrected chi connectivity index (χ4v) is 5.43. The fraction of sp³-hybridized carbons (Fsp3) is 0.0588. The summed E-state index contributed by atoms with van der Waals surface area (Å²) in [5, 5.41) is 12.4. The van der Waals surface area contributed by atoms with E-state index in [9.17, 15) is 23.3 Å². The average molecular weight is 436 g/mol. The summed E-state index contributed by atoms with van der Waals surface area (Å²) in [6.07, 6.45) is 3.01. The highest BCUT2D eigenvalue weighted by Gasteiger charge is 2.34. The molecule has 28 heavy (non-hydrogen) atoms. The van der Waals surface area contributed by atoms with E-state index in [1.807, 2.05) is 0 Å². The van der Waals surface area contributed by atoms with E-state index in [4.69, 9.17) is 0 Å². The van der Waals surface area contributed by atoms with Crippen LogP contribution in [0, 0.1) is 10.1 Å². The van der Waals surface area contributed by atoms with E-state index in [0.29, 0.717) is 5.56 Å². The molecule has 0 aliphatic carbocycles. The molecule has 0 atom stereocenters. The van der Waals surface area contributed by atoms with Crippen molar-refractivity contribution in [2.75, 3.05) is 6.54 Å². The molecule has 0 spiro atoms. The number of nitro benzene ring substituents is 1. The lowest BCUT2D eigenvalue weighted by atomic mass is 10.2. The van der Waals surface area contributed by atoms with Gasteiger partial charge in [-0.25, -0.2) is 0 Å². The molecular weight excluding hydrogens is 422 g/mol. The van der Waals surface area contributed by atoms with Crippen LogP contribution in [-0.4, -0.2) is 35.9 Å². The van der Waals surface area contributed by atoms with Gasteiger partial charge in [-0.05, 0) is 47.0 Å². The standard InChI is InChI=1S/C17H13N3O5S3/c1-2-9-19-16(21)14(11-12-5-7-13(8-6-12)20(22)23)27-17(19)18-28(24,25)15-4-3-10-26-15/h2-8,10-11H,1,9H2/b14-11-,18-17+. The normalized spacial score (nSPS) is 17.4. The van der Waals surface area contributed by atoms with Crippen LogP contribution in [0.5, 0.6) is 0 Å². The first-order valence-corrected chi connectivity index (χ1v) is 10.9. The number of non-ortho nitro benzene ring substituents is 1. The van der Waals surface area contributed by atoms with Gasteiger partial charge in [0.25, 0.3) is 21.6 Å². The number of carbonyl (C=O) groups excluding carboxylic acids is 1. The molecule has 144 valence electrons. The van der Waals surface area contributed by atoms with E-state index in [1.54, 1.807) is 11.4 Å². The zero-order valence-corrected chi connectivity index (χ0v) is 16.7. The quantitative estimate of drug-likeness (QED) is 0.297. The molecule has 0 unspecified atom stereocenters. The molecule has 0 saturated carbocycles. The van der Waals surface area contributed by atoms with Crippen molar-refractivity contribution in [2.45, 2.75) is 4.21 Å². The van der Waals surface area contributed by atoms with Gasteiger partial charge in [0.2, 0.25) is 0 Å². The number of thiophene rings is 1. The Morgan fingerprint density at radius 3 is 2.54 bits per heavy atom. The Kier molecular flexibility index (Phi) is 5.77. The van der Waals surface area contributed by atoms with Crippen LogP contribution < -0.4 is 0 Å². The largest absolute Gasteiger partial charge is 0.294 e. The van der Waals surface area contributed by atoms with Crippen molar-refractivity contribution in [3.63, 3.8) is 0 Å². The summed E-state index contributed by atoms with van der Waals surface area (Å²) in [5.74, 6) is -0.414. The molecular formula is C17H13N3O5S3. The zero-order valence-electron chi connectivity index (χ0n) is 14.2. The lowest BCUT2D eigenvalue weighted by molar-refractivity contribution is -0.384. The maximum atomic E-state index is 12.7. The molecule has 8 nitrogen and oxygen atoms in total. The van der Waals surface area contributed by atoms with E-state index in [2.05, 4.69) is 11.0 Å². The van der Waals surface area contributed by atoms with Crippen molar-refractivity contribution in [3.8, 4) is 0 Å². The van der Waals surface area contributed by atoms with Gasteiger partial charge >= 0.3 is 0 Å². The zero-order chi connectivity index (χ0) is 20.3. The SMILES string of the molecule is C=CCN1C(=O)/C(=C/c2ccc([N+](=O)[O-])cc2)S/C1=N/S(=O)(=O)c1cccs1. The predicted octanol–water partition coefficient (Wildman–Crippen LogP) is 3.50. The van der Waals surface area contributed by atoms with E-state index in [1.165, 1.54) is 47.4 Å². The summed E-state index contributed by atoms with van der Waals surface area (Å²) in [4.78, 5) is 24.4. The van der Waals surface area contributed by atoms with Gasteiger partial charge in [0, 0.05) is 18.7 Å². The number of rotatable bonds is 6. The highest BCUT2D eigenvalue weighted by molar-refractivity contribution is 8.19. The number of amides is 1. The molecule has 3 rings (SSSR count). The number of hydrogen-bond donors (Lipinski definition) is 0.